The van der Waals surface area contributed by atoms with E-state index in [4.69, 9.17) is 4.74 Å². The predicted molar refractivity (Wildman–Crippen MR) is 124 cm³/mol. The van der Waals surface area contributed by atoms with Gasteiger partial charge in [-0.2, -0.15) is 0 Å². The Kier molecular flexibility index (Phi) is 7.20. The van der Waals surface area contributed by atoms with Gasteiger partial charge in [-0.15, -0.1) is 10.2 Å². The van der Waals surface area contributed by atoms with Crippen LogP contribution in [0.1, 0.15) is 64.8 Å². The van der Waals surface area contributed by atoms with E-state index in [9.17, 15) is 4.79 Å². The van der Waals surface area contributed by atoms with Crippen molar-refractivity contribution in [3.63, 3.8) is 0 Å². The Morgan fingerprint density at radius 1 is 1.06 bits per heavy atom. The van der Waals surface area contributed by atoms with Crippen LogP contribution in [-0.2, 0) is 4.79 Å². The van der Waals surface area contributed by atoms with Crippen molar-refractivity contribution in [2.45, 2.75) is 75.2 Å². The quantitative estimate of drug-likeness (QED) is 0.576. The minimum absolute atomic E-state index is 0.163. The highest BCUT2D eigenvalue weighted by Crippen LogP contribution is 2.37. The number of hydrogen-bond donors (Lipinski definition) is 0. The van der Waals surface area contributed by atoms with Crippen LogP contribution < -0.4 is 4.74 Å². The van der Waals surface area contributed by atoms with Gasteiger partial charge < -0.3 is 9.64 Å². The summed E-state index contributed by atoms with van der Waals surface area (Å²) in [6.07, 6.45) is 8.24. The largest absolute Gasteiger partial charge is 0.497 e. The van der Waals surface area contributed by atoms with Crippen molar-refractivity contribution in [3.05, 3.63) is 24.3 Å². The van der Waals surface area contributed by atoms with Crippen LogP contribution in [0.2, 0.25) is 0 Å². The summed E-state index contributed by atoms with van der Waals surface area (Å²) >= 11 is 1.56. The minimum atomic E-state index is -0.163. The number of rotatable bonds is 6. The van der Waals surface area contributed by atoms with Crippen LogP contribution in [0, 0.1) is 5.92 Å². The molecule has 0 radical (unpaired) electrons. The van der Waals surface area contributed by atoms with E-state index in [1.54, 1.807) is 18.9 Å². The first-order valence-electron chi connectivity index (χ1n) is 11.6. The number of amides is 1. The second-order valence-electron chi connectivity index (χ2n) is 8.96. The standard InChI is InChI=1S/C24H34N4O2S/c1-17-13-15-27(16-14-17)23(29)18(2)31-24-26-25-22(19-9-11-21(30-3)12-10-19)28(24)20-7-5-4-6-8-20/h9-12,17-18,20H,4-8,13-16H2,1-3H3. The second-order valence-corrected chi connectivity index (χ2v) is 10.3. The number of piperidine rings is 1. The first-order chi connectivity index (χ1) is 15.1. The molecular weight excluding hydrogens is 408 g/mol. The molecular formula is C24H34N4O2S. The lowest BCUT2D eigenvalue weighted by Crippen LogP contribution is -2.41. The van der Waals surface area contributed by atoms with Crippen LogP contribution in [0.15, 0.2) is 29.4 Å². The van der Waals surface area contributed by atoms with E-state index in [2.05, 4.69) is 21.7 Å². The van der Waals surface area contributed by atoms with Gasteiger partial charge in [0.2, 0.25) is 5.91 Å². The summed E-state index contributed by atoms with van der Waals surface area (Å²) in [5.74, 6) is 2.66. The van der Waals surface area contributed by atoms with Crippen molar-refractivity contribution in [2.75, 3.05) is 20.2 Å². The Morgan fingerprint density at radius 3 is 2.39 bits per heavy atom. The topological polar surface area (TPSA) is 60.3 Å². The van der Waals surface area contributed by atoms with Crippen LogP contribution in [-0.4, -0.2) is 51.0 Å². The molecule has 2 heterocycles. The average Bonchev–Trinajstić information content (AvgIpc) is 3.23. The van der Waals surface area contributed by atoms with Gasteiger partial charge in [0.15, 0.2) is 11.0 Å². The molecule has 1 aliphatic heterocycles. The monoisotopic (exact) mass is 442 g/mol. The average molecular weight is 443 g/mol. The molecule has 4 rings (SSSR count). The molecule has 1 unspecified atom stereocenters. The highest BCUT2D eigenvalue weighted by molar-refractivity contribution is 8.00. The van der Waals surface area contributed by atoms with E-state index in [1.165, 1.54) is 19.3 Å². The number of methoxy groups -OCH3 is 1. The molecule has 31 heavy (non-hydrogen) atoms. The van der Waals surface area contributed by atoms with Gasteiger partial charge >= 0.3 is 0 Å². The number of ether oxygens (including phenoxy) is 1. The maximum atomic E-state index is 13.1. The molecule has 0 N–H and O–H groups in total. The summed E-state index contributed by atoms with van der Waals surface area (Å²) in [7, 11) is 1.68. The molecule has 2 fully saturated rings. The van der Waals surface area contributed by atoms with Crippen molar-refractivity contribution in [2.24, 2.45) is 5.92 Å². The van der Waals surface area contributed by atoms with Gasteiger partial charge in [-0.3, -0.25) is 9.36 Å². The maximum absolute atomic E-state index is 13.1. The summed E-state index contributed by atoms with van der Waals surface area (Å²) in [6.45, 7) is 6.03. The third-order valence-electron chi connectivity index (χ3n) is 6.68. The smallest absolute Gasteiger partial charge is 0.235 e. The summed E-state index contributed by atoms with van der Waals surface area (Å²) in [6, 6.07) is 8.40. The molecule has 1 saturated carbocycles. The molecule has 1 aromatic heterocycles. The molecule has 2 aliphatic rings. The number of benzene rings is 1. The zero-order valence-corrected chi connectivity index (χ0v) is 19.7. The van der Waals surface area contributed by atoms with E-state index >= 15 is 0 Å². The van der Waals surface area contributed by atoms with Crippen LogP contribution in [0.5, 0.6) is 5.75 Å². The van der Waals surface area contributed by atoms with Crippen molar-refractivity contribution in [1.82, 2.24) is 19.7 Å². The Morgan fingerprint density at radius 2 is 1.74 bits per heavy atom. The Labute approximate surface area is 189 Å². The summed E-state index contributed by atoms with van der Waals surface area (Å²) < 4.78 is 7.61. The van der Waals surface area contributed by atoms with Gasteiger partial charge in [-0.25, -0.2) is 0 Å². The summed E-state index contributed by atoms with van der Waals surface area (Å²) in [4.78, 5) is 15.1. The van der Waals surface area contributed by atoms with E-state index in [0.717, 1.165) is 61.1 Å². The number of likely N-dealkylation sites (tertiary alicyclic amines) is 1. The van der Waals surface area contributed by atoms with Gasteiger partial charge in [-0.05, 0) is 62.8 Å². The maximum Gasteiger partial charge on any atom is 0.235 e. The van der Waals surface area contributed by atoms with Crippen molar-refractivity contribution in [1.29, 1.82) is 0 Å². The molecule has 0 bridgehead atoms. The molecule has 2 aromatic rings. The van der Waals surface area contributed by atoms with Gasteiger partial charge in [0, 0.05) is 24.7 Å². The summed E-state index contributed by atoms with van der Waals surface area (Å²) in [5.41, 5.74) is 1.04. The Balaban J connectivity index is 1.57. The zero-order chi connectivity index (χ0) is 21.8. The fourth-order valence-electron chi connectivity index (χ4n) is 4.66. The first-order valence-corrected chi connectivity index (χ1v) is 12.5. The predicted octanol–water partition coefficient (Wildman–Crippen LogP) is 5.20. The molecule has 1 saturated heterocycles. The lowest BCUT2D eigenvalue weighted by molar-refractivity contribution is -0.131. The van der Waals surface area contributed by atoms with Crippen LogP contribution >= 0.6 is 11.8 Å². The van der Waals surface area contributed by atoms with E-state index in [0.29, 0.717) is 12.0 Å². The van der Waals surface area contributed by atoms with E-state index in [1.807, 2.05) is 36.1 Å². The molecule has 1 atom stereocenters. The Bertz CT molecular complexity index is 868. The third-order valence-corrected chi connectivity index (χ3v) is 7.72. The van der Waals surface area contributed by atoms with E-state index < -0.39 is 0 Å². The summed E-state index contributed by atoms with van der Waals surface area (Å²) in [5, 5.41) is 9.84. The van der Waals surface area contributed by atoms with Gasteiger partial charge in [0.1, 0.15) is 5.75 Å². The first kappa shape index (κ1) is 22.2. The molecule has 168 valence electrons. The van der Waals surface area contributed by atoms with Crippen LogP contribution in [0.25, 0.3) is 11.4 Å². The fourth-order valence-corrected chi connectivity index (χ4v) is 5.66. The highest BCUT2D eigenvalue weighted by atomic mass is 32.2. The van der Waals surface area contributed by atoms with Crippen molar-refractivity contribution >= 4 is 17.7 Å². The van der Waals surface area contributed by atoms with Crippen LogP contribution in [0.4, 0.5) is 0 Å². The SMILES string of the molecule is COc1ccc(-c2nnc(SC(C)C(=O)N3CCC(C)CC3)n2C2CCCCC2)cc1. The Hall–Kier alpha value is -2.02. The molecule has 7 heteroatoms. The van der Waals surface area contributed by atoms with Gasteiger partial charge in [-0.1, -0.05) is 37.9 Å². The van der Waals surface area contributed by atoms with Crippen molar-refractivity contribution < 1.29 is 9.53 Å². The molecule has 1 aliphatic carbocycles. The lowest BCUT2D eigenvalue weighted by Gasteiger charge is -2.32. The zero-order valence-electron chi connectivity index (χ0n) is 18.9. The minimum Gasteiger partial charge on any atom is -0.497 e. The fraction of sp³-hybridized carbons (Fsp3) is 0.625. The lowest BCUT2D eigenvalue weighted by atomic mass is 9.95. The number of nitrogens with zero attached hydrogens (tertiary/aromatic N) is 4. The van der Waals surface area contributed by atoms with Crippen LogP contribution in [0.3, 0.4) is 0 Å². The molecule has 1 aromatic carbocycles. The molecule has 0 spiro atoms. The van der Waals surface area contributed by atoms with Gasteiger partial charge in [0.25, 0.3) is 0 Å². The number of thioether (sulfide) groups is 1. The molecule has 1 amide bonds. The normalized spacial score (nSPS) is 19.4. The number of carbonyl (C=O) groups is 1. The van der Waals surface area contributed by atoms with E-state index in [-0.39, 0.29) is 11.2 Å². The van der Waals surface area contributed by atoms with Gasteiger partial charge in [0.05, 0.1) is 12.4 Å². The number of aromatic nitrogens is 3. The number of carbonyl (C=O) groups excluding carboxylic acids is 1. The third kappa shape index (κ3) is 5.08. The van der Waals surface area contributed by atoms with Crippen molar-refractivity contribution in [3.8, 4) is 17.1 Å². The highest BCUT2D eigenvalue weighted by Gasteiger charge is 2.29. The number of hydrogen-bond acceptors (Lipinski definition) is 5. The second kappa shape index (κ2) is 10.1. The molecule has 6 nitrogen and oxygen atoms in total.